The van der Waals surface area contributed by atoms with E-state index in [2.05, 4.69) is 10.3 Å². The van der Waals surface area contributed by atoms with Gasteiger partial charge in [0.15, 0.2) is 5.69 Å². The van der Waals surface area contributed by atoms with Crippen LogP contribution in [-0.4, -0.2) is 45.9 Å². The second kappa shape index (κ2) is 5.92. The maximum atomic E-state index is 11.0. The first-order chi connectivity index (χ1) is 8.41. The van der Waals surface area contributed by atoms with Gasteiger partial charge in [-0.15, -0.1) is 5.10 Å². The van der Waals surface area contributed by atoms with E-state index >= 15 is 0 Å². The average molecular weight is 257 g/mol. The highest BCUT2D eigenvalue weighted by molar-refractivity contribution is 5.86. The highest BCUT2D eigenvalue weighted by Crippen LogP contribution is 2.16. The van der Waals surface area contributed by atoms with E-state index < -0.39 is 5.97 Å². The molecule has 1 aromatic heterocycles. The minimum Gasteiger partial charge on any atom is -0.476 e. The van der Waals surface area contributed by atoms with Gasteiger partial charge in [0.25, 0.3) is 0 Å². The lowest BCUT2D eigenvalue weighted by molar-refractivity contribution is 0.0107. The Balaban J connectivity index is 2.85. The van der Waals surface area contributed by atoms with Crippen molar-refractivity contribution in [3.8, 4) is 0 Å². The number of aryl methyl sites for hydroxylation is 1. The zero-order valence-electron chi connectivity index (χ0n) is 11.1. The normalized spacial score (nSPS) is 11.8. The van der Waals surface area contributed by atoms with Crippen molar-refractivity contribution < 1.29 is 19.4 Å². The molecule has 0 bridgehead atoms. The largest absolute Gasteiger partial charge is 0.476 e. The molecule has 0 saturated heterocycles. The molecular formula is C11H19N3O4. The van der Waals surface area contributed by atoms with Crippen LogP contribution in [0.15, 0.2) is 0 Å². The van der Waals surface area contributed by atoms with Gasteiger partial charge in [-0.1, -0.05) is 5.21 Å². The molecule has 1 heterocycles. The molecule has 0 atom stereocenters. The van der Waals surface area contributed by atoms with Gasteiger partial charge in [0, 0.05) is 20.8 Å². The molecule has 1 rings (SSSR count). The van der Waals surface area contributed by atoms with E-state index in [-0.39, 0.29) is 17.9 Å². The Bertz CT molecular complexity index is 414. The first kappa shape index (κ1) is 14.6. The lowest BCUT2D eigenvalue weighted by Crippen LogP contribution is -2.25. The second-order valence-corrected chi connectivity index (χ2v) is 4.56. The third-order valence-electron chi connectivity index (χ3n) is 2.80. The zero-order chi connectivity index (χ0) is 13.8. The highest BCUT2D eigenvalue weighted by Gasteiger charge is 2.21. The fourth-order valence-electron chi connectivity index (χ4n) is 1.44. The first-order valence-corrected chi connectivity index (χ1v) is 5.61. The van der Waals surface area contributed by atoms with Crippen molar-refractivity contribution in [1.82, 2.24) is 15.0 Å². The number of nitrogens with zero attached hydrogens (tertiary/aromatic N) is 3. The number of hydrogen-bond acceptors (Lipinski definition) is 5. The minimum absolute atomic E-state index is 0.0629. The van der Waals surface area contributed by atoms with Crippen LogP contribution in [0.4, 0.5) is 0 Å². The number of aromatic carboxylic acids is 1. The Morgan fingerprint density at radius 3 is 2.61 bits per heavy atom. The molecule has 1 aromatic rings. The molecule has 0 amide bonds. The molecule has 0 aromatic carbocycles. The maximum Gasteiger partial charge on any atom is 0.358 e. The van der Waals surface area contributed by atoms with Crippen LogP contribution in [0.5, 0.6) is 0 Å². The summed E-state index contributed by atoms with van der Waals surface area (Å²) in [6.45, 7) is 4.61. The average Bonchev–Trinajstić information content (AvgIpc) is 2.70. The van der Waals surface area contributed by atoms with Crippen LogP contribution in [-0.2, 0) is 22.6 Å². The monoisotopic (exact) mass is 257 g/mol. The molecule has 0 saturated carbocycles. The second-order valence-electron chi connectivity index (χ2n) is 4.56. The lowest BCUT2D eigenvalue weighted by atomic mass is 10.1. The molecule has 1 N–H and O–H groups in total. The topological polar surface area (TPSA) is 86.5 Å². The SMILES string of the molecule is COCc1c(C(=O)O)nnn1CCC(C)(C)OC. The van der Waals surface area contributed by atoms with E-state index in [1.807, 2.05) is 13.8 Å². The van der Waals surface area contributed by atoms with Crippen molar-refractivity contribution in [1.29, 1.82) is 0 Å². The summed E-state index contributed by atoms with van der Waals surface area (Å²) < 4.78 is 11.8. The summed E-state index contributed by atoms with van der Waals surface area (Å²) in [5.41, 5.74) is 0.114. The van der Waals surface area contributed by atoms with Crippen LogP contribution in [0.3, 0.4) is 0 Å². The molecule has 0 fully saturated rings. The van der Waals surface area contributed by atoms with Crippen LogP contribution in [0.2, 0.25) is 0 Å². The summed E-state index contributed by atoms with van der Waals surface area (Å²) in [6.07, 6.45) is 0.697. The van der Waals surface area contributed by atoms with E-state index in [1.165, 1.54) is 7.11 Å². The Morgan fingerprint density at radius 2 is 2.11 bits per heavy atom. The fourth-order valence-corrected chi connectivity index (χ4v) is 1.44. The molecule has 102 valence electrons. The number of ether oxygens (including phenoxy) is 2. The molecule has 18 heavy (non-hydrogen) atoms. The van der Waals surface area contributed by atoms with E-state index in [4.69, 9.17) is 14.6 Å². The van der Waals surface area contributed by atoms with Crippen molar-refractivity contribution in [2.75, 3.05) is 14.2 Å². The number of hydrogen-bond donors (Lipinski definition) is 1. The molecule has 0 radical (unpaired) electrons. The number of aromatic nitrogens is 3. The third-order valence-corrected chi connectivity index (χ3v) is 2.80. The Labute approximate surface area is 106 Å². The summed E-state index contributed by atoms with van der Waals surface area (Å²) in [5.74, 6) is -1.10. The molecule has 0 aliphatic rings. The summed E-state index contributed by atoms with van der Waals surface area (Å²) in [5, 5.41) is 16.5. The van der Waals surface area contributed by atoms with Crippen LogP contribution in [0.25, 0.3) is 0 Å². The van der Waals surface area contributed by atoms with Crippen molar-refractivity contribution in [2.45, 2.75) is 39.0 Å². The highest BCUT2D eigenvalue weighted by atomic mass is 16.5. The zero-order valence-corrected chi connectivity index (χ0v) is 11.1. The van der Waals surface area contributed by atoms with Crippen LogP contribution in [0, 0.1) is 0 Å². The molecule has 7 heteroatoms. The molecule has 7 nitrogen and oxygen atoms in total. The standard InChI is InChI=1S/C11H19N3O4/c1-11(2,18-4)5-6-14-8(7-17-3)9(10(15)16)12-13-14/h5-7H2,1-4H3,(H,15,16). The van der Waals surface area contributed by atoms with Crippen molar-refractivity contribution in [3.05, 3.63) is 11.4 Å². The van der Waals surface area contributed by atoms with Gasteiger partial charge < -0.3 is 14.6 Å². The lowest BCUT2D eigenvalue weighted by Gasteiger charge is -2.22. The van der Waals surface area contributed by atoms with E-state index in [0.29, 0.717) is 18.7 Å². The van der Waals surface area contributed by atoms with E-state index in [1.54, 1.807) is 11.8 Å². The van der Waals surface area contributed by atoms with Crippen LogP contribution >= 0.6 is 0 Å². The fraction of sp³-hybridized carbons (Fsp3) is 0.727. The van der Waals surface area contributed by atoms with Gasteiger partial charge in [-0.05, 0) is 20.3 Å². The van der Waals surface area contributed by atoms with Crippen LogP contribution in [0.1, 0.15) is 36.5 Å². The van der Waals surface area contributed by atoms with Gasteiger partial charge in [0.2, 0.25) is 0 Å². The first-order valence-electron chi connectivity index (χ1n) is 5.61. The van der Waals surface area contributed by atoms with Gasteiger partial charge in [-0.25, -0.2) is 9.48 Å². The number of rotatable bonds is 7. The number of carbonyl (C=O) groups is 1. The Morgan fingerprint density at radius 1 is 1.44 bits per heavy atom. The predicted octanol–water partition coefficient (Wildman–Crippen LogP) is 0.938. The van der Waals surface area contributed by atoms with Crippen LogP contribution < -0.4 is 0 Å². The summed E-state index contributed by atoms with van der Waals surface area (Å²) in [6, 6.07) is 0. The molecule has 0 aliphatic heterocycles. The quantitative estimate of drug-likeness (QED) is 0.782. The van der Waals surface area contributed by atoms with Gasteiger partial charge in [0.05, 0.1) is 17.9 Å². The smallest absolute Gasteiger partial charge is 0.358 e. The van der Waals surface area contributed by atoms with E-state index in [9.17, 15) is 4.79 Å². The molecular weight excluding hydrogens is 238 g/mol. The number of carboxylic acid groups (broad SMARTS) is 1. The van der Waals surface area contributed by atoms with Gasteiger partial charge in [-0.3, -0.25) is 0 Å². The van der Waals surface area contributed by atoms with Gasteiger partial charge in [0.1, 0.15) is 0 Å². The molecule has 0 unspecified atom stereocenters. The van der Waals surface area contributed by atoms with Crippen molar-refractivity contribution in [3.63, 3.8) is 0 Å². The summed E-state index contributed by atoms with van der Waals surface area (Å²) in [4.78, 5) is 11.0. The van der Waals surface area contributed by atoms with Crippen molar-refractivity contribution in [2.24, 2.45) is 0 Å². The third kappa shape index (κ3) is 3.51. The number of methoxy groups -OCH3 is 2. The van der Waals surface area contributed by atoms with Gasteiger partial charge in [-0.2, -0.15) is 0 Å². The van der Waals surface area contributed by atoms with Crippen molar-refractivity contribution >= 4 is 5.97 Å². The predicted molar refractivity (Wildman–Crippen MR) is 63.4 cm³/mol. The minimum atomic E-state index is -1.10. The molecule has 0 aliphatic carbocycles. The van der Waals surface area contributed by atoms with Gasteiger partial charge >= 0.3 is 5.97 Å². The number of carboxylic acids is 1. The summed E-state index contributed by atoms with van der Waals surface area (Å²) in [7, 11) is 3.14. The maximum absolute atomic E-state index is 11.0. The summed E-state index contributed by atoms with van der Waals surface area (Å²) >= 11 is 0. The Kier molecular flexibility index (Phi) is 4.80. The Hall–Kier alpha value is -1.47. The van der Waals surface area contributed by atoms with E-state index in [0.717, 1.165) is 0 Å². The molecule has 0 spiro atoms.